The molecule has 7 rings (SSSR count). The van der Waals surface area contributed by atoms with E-state index in [0.29, 0.717) is 0 Å². The van der Waals surface area contributed by atoms with Gasteiger partial charge in [0.25, 0.3) is 0 Å². The standard InChI is InChI=1S/C37H28BN/c1-27-14-12-17-29(26-27)32-21-13-20-31(28-15-4-2-5-16-28)37(32)38-33-22-8-10-24-35(33)39(30-18-6-3-7-19-30)36-25-11-9-23-34(36)38/h2-26H,1H3. The van der Waals surface area contributed by atoms with Crippen LogP contribution in [0.3, 0.4) is 0 Å². The molecule has 0 unspecified atom stereocenters. The summed E-state index contributed by atoms with van der Waals surface area (Å²) in [4.78, 5) is 2.42. The molecule has 0 bridgehead atoms. The molecule has 1 nitrogen and oxygen atoms in total. The number of para-hydroxylation sites is 3. The second-order valence-electron chi connectivity index (χ2n) is 10.2. The lowest BCUT2D eigenvalue weighted by Gasteiger charge is -2.38. The maximum absolute atomic E-state index is 2.42. The average Bonchev–Trinajstić information content (AvgIpc) is 3.00. The largest absolute Gasteiger partial charge is 0.312 e. The molecule has 6 aromatic carbocycles. The number of hydrogen-bond acceptors (Lipinski definition) is 1. The summed E-state index contributed by atoms with van der Waals surface area (Å²) < 4.78 is 0. The van der Waals surface area contributed by atoms with Crippen molar-refractivity contribution < 1.29 is 0 Å². The zero-order valence-corrected chi connectivity index (χ0v) is 22.0. The molecule has 0 N–H and O–H groups in total. The number of fused-ring (bicyclic) bond motifs is 2. The Morgan fingerprint density at radius 1 is 0.462 bits per heavy atom. The van der Waals surface area contributed by atoms with E-state index in [1.165, 1.54) is 61.3 Å². The van der Waals surface area contributed by atoms with Gasteiger partial charge in [-0.25, -0.2) is 0 Å². The Kier molecular flexibility index (Phi) is 5.87. The molecule has 0 fully saturated rings. The summed E-state index contributed by atoms with van der Waals surface area (Å²) in [6, 6.07) is 55.1. The molecule has 0 saturated carbocycles. The monoisotopic (exact) mass is 497 g/mol. The smallest absolute Gasteiger partial charge is 0.248 e. The van der Waals surface area contributed by atoms with E-state index in [4.69, 9.17) is 0 Å². The third-order valence-electron chi connectivity index (χ3n) is 7.80. The van der Waals surface area contributed by atoms with E-state index in [1.807, 2.05) is 0 Å². The van der Waals surface area contributed by atoms with Gasteiger partial charge in [0.15, 0.2) is 0 Å². The Bertz CT molecular complexity index is 1730. The van der Waals surface area contributed by atoms with Gasteiger partial charge in [0.2, 0.25) is 6.71 Å². The lowest BCUT2D eigenvalue weighted by molar-refractivity contribution is 1.29. The molecule has 0 spiro atoms. The Morgan fingerprint density at radius 2 is 0.974 bits per heavy atom. The molecule has 0 amide bonds. The van der Waals surface area contributed by atoms with Crippen molar-refractivity contribution in [3.63, 3.8) is 0 Å². The molecular formula is C37H28BN. The van der Waals surface area contributed by atoms with Gasteiger partial charge in [-0.05, 0) is 64.4 Å². The lowest BCUT2D eigenvalue weighted by atomic mass is 9.33. The van der Waals surface area contributed by atoms with E-state index in [1.54, 1.807) is 0 Å². The fraction of sp³-hybridized carbons (Fsp3) is 0.0270. The second kappa shape index (κ2) is 9.81. The van der Waals surface area contributed by atoms with Gasteiger partial charge in [0, 0.05) is 17.1 Å². The second-order valence-corrected chi connectivity index (χ2v) is 10.2. The Labute approximate surface area is 231 Å². The first-order chi connectivity index (χ1) is 19.3. The van der Waals surface area contributed by atoms with Gasteiger partial charge in [-0.2, -0.15) is 0 Å². The molecule has 0 aromatic heterocycles. The first-order valence-corrected chi connectivity index (χ1v) is 13.6. The molecule has 0 aliphatic carbocycles. The van der Waals surface area contributed by atoms with Crippen molar-refractivity contribution in [3.8, 4) is 22.3 Å². The third kappa shape index (κ3) is 4.06. The highest BCUT2D eigenvalue weighted by Crippen LogP contribution is 2.37. The molecular weight excluding hydrogens is 469 g/mol. The van der Waals surface area contributed by atoms with Crippen molar-refractivity contribution in [1.29, 1.82) is 0 Å². The fourth-order valence-corrected chi connectivity index (χ4v) is 6.14. The normalized spacial score (nSPS) is 12.1. The molecule has 2 heteroatoms. The number of aryl methyl sites for hydroxylation is 1. The van der Waals surface area contributed by atoms with Crippen LogP contribution in [0.25, 0.3) is 22.3 Å². The summed E-state index contributed by atoms with van der Waals surface area (Å²) >= 11 is 0. The number of benzene rings is 6. The van der Waals surface area contributed by atoms with Crippen LogP contribution >= 0.6 is 0 Å². The van der Waals surface area contributed by atoms with Crippen molar-refractivity contribution in [2.24, 2.45) is 0 Å². The summed E-state index contributed by atoms with van der Waals surface area (Å²) in [5, 5.41) is 0. The van der Waals surface area contributed by atoms with Gasteiger partial charge < -0.3 is 4.90 Å². The number of nitrogens with zero attached hydrogens (tertiary/aromatic N) is 1. The van der Waals surface area contributed by atoms with Gasteiger partial charge in [-0.1, -0.05) is 138 Å². The summed E-state index contributed by atoms with van der Waals surface area (Å²) in [6.07, 6.45) is 0. The minimum Gasteiger partial charge on any atom is -0.312 e. The molecule has 6 aromatic rings. The van der Waals surface area contributed by atoms with Crippen molar-refractivity contribution in [3.05, 3.63) is 157 Å². The number of anilines is 3. The van der Waals surface area contributed by atoms with Crippen LogP contribution in [0.2, 0.25) is 0 Å². The molecule has 0 saturated heterocycles. The van der Waals surface area contributed by atoms with Gasteiger partial charge in [-0.15, -0.1) is 0 Å². The SMILES string of the molecule is Cc1cccc(-c2cccc(-c3ccccc3)c2B2c3ccccc3N(c3ccccc3)c3ccccc32)c1. The molecule has 0 radical (unpaired) electrons. The van der Waals surface area contributed by atoms with E-state index in [2.05, 4.69) is 163 Å². The Morgan fingerprint density at radius 3 is 1.62 bits per heavy atom. The number of rotatable bonds is 4. The van der Waals surface area contributed by atoms with Crippen molar-refractivity contribution in [2.75, 3.05) is 4.90 Å². The summed E-state index contributed by atoms with van der Waals surface area (Å²) in [5.41, 5.74) is 13.9. The Hall–Kier alpha value is -4.82. The average molecular weight is 497 g/mol. The maximum Gasteiger partial charge on any atom is 0.248 e. The van der Waals surface area contributed by atoms with E-state index < -0.39 is 0 Å². The Balaban J connectivity index is 1.57. The van der Waals surface area contributed by atoms with Crippen LogP contribution in [0, 0.1) is 6.92 Å². The zero-order valence-electron chi connectivity index (χ0n) is 22.0. The van der Waals surface area contributed by atoms with Crippen LogP contribution < -0.4 is 21.3 Å². The van der Waals surface area contributed by atoms with E-state index in [0.717, 1.165) is 0 Å². The molecule has 184 valence electrons. The van der Waals surface area contributed by atoms with E-state index in [9.17, 15) is 0 Å². The van der Waals surface area contributed by atoms with Crippen molar-refractivity contribution in [1.82, 2.24) is 0 Å². The van der Waals surface area contributed by atoms with Gasteiger partial charge >= 0.3 is 0 Å². The van der Waals surface area contributed by atoms with Crippen molar-refractivity contribution in [2.45, 2.75) is 6.92 Å². The molecule has 39 heavy (non-hydrogen) atoms. The predicted octanol–water partition coefficient (Wildman–Crippen LogP) is 7.63. The molecule has 1 aliphatic heterocycles. The highest BCUT2D eigenvalue weighted by molar-refractivity contribution is 6.99. The highest BCUT2D eigenvalue weighted by Gasteiger charge is 2.37. The van der Waals surface area contributed by atoms with Crippen LogP contribution in [-0.2, 0) is 0 Å². The summed E-state index contributed by atoms with van der Waals surface area (Å²) in [6.45, 7) is 2.25. The van der Waals surface area contributed by atoms with Crippen molar-refractivity contribution >= 4 is 40.2 Å². The molecule has 1 aliphatic rings. The first kappa shape index (κ1) is 23.3. The predicted molar refractivity (Wildman–Crippen MR) is 168 cm³/mol. The topological polar surface area (TPSA) is 3.24 Å². The van der Waals surface area contributed by atoms with Gasteiger partial charge in [0.1, 0.15) is 0 Å². The van der Waals surface area contributed by atoms with Crippen LogP contribution in [0.1, 0.15) is 5.56 Å². The van der Waals surface area contributed by atoms with Gasteiger partial charge in [-0.3, -0.25) is 0 Å². The summed E-state index contributed by atoms with van der Waals surface area (Å²) in [5.74, 6) is 0. The molecule has 1 heterocycles. The van der Waals surface area contributed by atoms with Gasteiger partial charge in [0.05, 0.1) is 0 Å². The van der Waals surface area contributed by atoms with Crippen LogP contribution in [0.4, 0.5) is 17.1 Å². The van der Waals surface area contributed by atoms with Crippen LogP contribution in [-0.4, -0.2) is 6.71 Å². The maximum atomic E-state index is 2.42. The highest BCUT2D eigenvalue weighted by atomic mass is 15.1. The minimum absolute atomic E-state index is 0.0734. The minimum atomic E-state index is 0.0734. The first-order valence-electron chi connectivity index (χ1n) is 13.6. The van der Waals surface area contributed by atoms with Crippen LogP contribution in [0.15, 0.2) is 152 Å². The quantitative estimate of drug-likeness (QED) is 0.226. The fourth-order valence-electron chi connectivity index (χ4n) is 6.14. The summed E-state index contributed by atoms with van der Waals surface area (Å²) in [7, 11) is 0. The van der Waals surface area contributed by atoms with E-state index in [-0.39, 0.29) is 6.71 Å². The third-order valence-corrected chi connectivity index (χ3v) is 7.80. The van der Waals surface area contributed by atoms with Crippen LogP contribution in [0.5, 0.6) is 0 Å². The van der Waals surface area contributed by atoms with E-state index >= 15 is 0 Å². The number of hydrogen-bond donors (Lipinski definition) is 0. The lowest BCUT2D eigenvalue weighted by Crippen LogP contribution is -2.58. The zero-order chi connectivity index (χ0) is 26.2. The molecule has 0 atom stereocenters.